The van der Waals surface area contributed by atoms with Gasteiger partial charge in [0.25, 0.3) is 5.56 Å². The number of piperazine rings is 1. The van der Waals surface area contributed by atoms with E-state index in [2.05, 4.69) is 15.1 Å². The van der Waals surface area contributed by atoms with Crippen LogP contribution in [0.3, 0.4) is 0 Å². The molecule has 0 unspecified atom stereocenters. The van der Waals surface area contributed by atoms with Crippen molar-refractivity contribution in [2.24, 2.45) is 14.1 Å². The van der Waals surface area contributed by atoms with E-state index in [4.69, 9.17) is 0 Å². The van der Waals surface area contributed by atoms with E-state index in [1.165, 1.54) is 17.7 Å². The summed E-state index contributed by atoms with van der Waals surface area (Å²) in [5.41, 5.74) is 0.135. The van der Waals surface area contributed by atoms with Crippen molar-refractivity contribution in [3.8, 4) is 0 Å². The standard InChI is InChI=1S/C15H25N5O3/c1-4-16-13(21)11-20-7-5-19(6-8-20)10-12-9-14(22)18(3)15(23)17(12)2/h9H,4-8,10-11H2,1-3H3,(H,16,21). The van der Waals surface area contributed by atoms with Crippen molar-refractivity contribution >= 4 is 5.91 Å². The third-order valence-electron chi connectivity index (χ3n) is 4.22. The molecule has 0 bridgehead atoms. The monoisotopic (exact) mass is 323 g/mol. The molecule has 1 aromatic rings. The molecule has 0 aromatic carbocycles. The molecule has 8 heteroatoms. The first-order chi connectivity index (χ1) is 10.9. The number of aromatic nitrogens is 2. The minimum atomic E-state index is -0.303. The summed E-state index contributed by atoms with van der Waals surface area (Å²) in [6, 6.07) is 1.52. The Labute approximate surface area is 135 Å². The van der Waals surface area contributed by atoms with Gasteiger partial charge in [-0.25, -0.2) is 4.79 Å². The van der Waals surface area contributed by atoms with E-state index in [1.807, 2.05) is 6.92 Å². The first-order valence-corrected chi connectivity index (χ1v) is 7.89. The van der Waals surface area contributed by atoms with E-state index >= 15 is 0 Å². The third-order valence-corrected chi connectivity index (χ3v) is 4.22. The maximum Gasteiger partial charge on any atom is 0.330 e. The fourth-order valence-corrected chi connectivity index (χ4v) is 2.72. The number of nitrogens with zero attached hydrogens (tertiary/aromatic N) is 4. The Hall–Kier alpha value is -1.93. The molecule has 1 saturated heterocycles. The highest BCUT2D eigenvalue weighted by molar-refractivity contribution is 5.77. The van der Waals surface area contributed by atoms with Gasteiger partial charge >= 0.3 is 5.69 Å². The summed E-state index contributed by atoms with van der Waals surface area (Å²) in [5, 5.41) is 2.80. The van der Waals surface area contributed by atoms with Gasteiger partial charge in [-0.15, -0.1) is 0 Å². The van der Waals surface area contributed by atoms with Crippen molar-refractivity contribution in [2.45, 2.75) is 13.5 Å². The molecule has 1 aromatic heterocycles. The van der Waals surface area contributed by atoms with Gasteiger partial charge in [-0.2, -0.15) is 0 Å². The van der Waals surface area contributed by atoms with E-state index in [0.717, 1.165) is 36.4 Å². The second-order valence-corrected chi connectivity index (χ2v) is 5.88. The fraction of sp³-hybridized carbons (Fsp3) is 0.667. The van der Waals surface area contributed by atoms with Crippen LogP contribution in [-0.2, 0) is 25.4 Å². The van der Waals surface area contributed by atoms with Crippen molar-refractivity contribution in [3.63, 3.8) is 0 Å². The first-order valence-electron chi connectivity index (χ1n) is 7.89. The maximum atomic E-state index is 11.9. The molecule has 0 atom stereocenters. The Morgan fingerprint density at radius 1 is 1.09 bits per heavy atom. The van der Waals surface area contributed by atoms with E-state index in [-0.39, 0.29) is 17.2 Å². The summed E-state index contributed by atoms with van der Waals surface area (Å²) < 4.78 is 2.62. The number of likely N-dealkylation sites (N-methyl/N-ethyl adjacent to an activating group) is 1. The molecule has 0 saturated carbocycles. The number of carbonyl (C=O) groups is 1. The molecule has 2 heterocycles. The molecule has 8 nitrogen and oxygen atoms in total. The quantitative estimate of drug-likeness (QED) is 0.701. The molecule has 0 spiro atoms. The molecule has 2 rings (SSSR count). The summed E-state index contributed by atoms with van der Waals surface area (Å²) in [6.07, 6.45) is 0. The van der Waals surface area contributed by atoms with Gasteiger partial charge < -0.3 is 5.32 Å². The lowest BCUT2D eigenvalue weighted by Gasteiger charge is -2.34. The van der Waals surface area contributed by atoms with Crippen LogP contribution in [0, 0.1) is 0 Å². The molecule has 1 aliphatic rings. The van der Waals surface area contributed by atoms with Crippen molar-refractivity contribution in [1.82, 2.24) is 24.3 Å². The largest absolute Gasteiger partial charge is 0.355 e. The average molecular weight is 323 g/mol. The number of rotatable bonds is 5. The molecule has 1 N–H and O–H groups in total. The van der Waals surface area contributed by atoms with Crippen LogP contribution in [-0.4, -0.2) is 64.1 Å². The van der Waals surface area contributed by atoms with Crippen LogP contribution >= 0.6 is 0 Å². The predicted octanol–water partition coefficient (Wildman–Crippen LogP) is -1.66. The van der Waals surface area contributed by atoms with Gasteiger partial charge in [0.15, 0.2) is 0 Å². The zero-order valence-corrected chi connectivity index (χ0v) is 14.0. The minimum absolute atomic E-state index is 0.0508. The second kappa shape index (κ2) is 7.56. The lowest BCUT2D eigenvalue weighted by molar-refractivity contribution is -0.122. The Bertz CT molecular complexity index is 671. The summed E-state index contributed by atoms with van der Waals surface area (Å²) in [7, 11) is 3.16. The Morgan fingerprint density at radius 3 is 2.30 bits per heavy atom. The smallest absolute Gasteiger partial charge is 0.330 e. The van der Waals surface area contributed by atoms with Gasteiger partial charge in [-0.3, -0.25) is 28.5 Å². The Balaban J connectivity index is 1.94. The molecular formula is C15H25N5O3. The minimum Gasteiger partial charge on any atom is -0.355 e. The van der Waals surface area contributed by atoms with Crippen LogP contribution in [0.25, 0.3) is 0 Å². The van der Waals surface area contributed by atoms with Crippen molar-refractivity contribution in [3.05, 3.63) is 32.6 Å². The number of hydrogen-bond acceptors (Lipinski definition) is 5. The molecule has 1 amide bonds. The van der Waals surface area contributed by atoms with Crippen LogP contribution in [0.4, 0.5) is 0 Å². The molecule has 0 radical (unpaired) electrons. The normalized spacial score (nSPS) is 16.5. The highest BCUT2D eigenvalue weighted by Crippen LogP contribution is 2.06. The van der Waals surface area contributed by atoms with Gasteiger partial charge in [0.2, 0.25) is 5.91 Å². The Kier molecular flexibility index (Phi) is 5.73. The fourth-order valence-electron chi connectivity index (χ4n) is 2.72. The first kappa shape index (κ1) is 17.4. The molecular weight excluding hydrogens is 298 g/mol. The van der Waals surface area contributed by atoms with Crippen molar-refractivity contribution in [2.75, 3.05) is 39.3 Å². The summed E-state index contributed by atoms with van der Waals surface area (Å²) in [5.74, 6) is 0.0508. The summed E-state index contributed by atoms with van der Waals surface area (Å²) in [4.78, 5) is 39.6. The highest BCUT2D eigenvalue weighted by atomic mass is 16.2. The van der Waals surface area contributed by atoms with E-state index in [9.17, 15) is 14.4 Å². The molecule has 23 heavy (non-hydrogen) atoms. The summed E-state index contributed by atoms with van der Waals surface area (Å²) in [6.45, 7) is 6.76. The van der Waals surface area contributed by atoms with E-state index < -0.39 is 0 Å². The van der Waals surface area contributed by atoms with Crippen LogP contribution in [0.1, 0.15) is 12.6 Å². The molecule has 0 aliphatic carbocycles. The molecule has 1 aliphatic heterocycles. The molecule has 128 valence electrons. The topological polar surface area (TPSA) is 79.6 Å². The van der Waals surface area contributed by atoms with Crippen LogP contribution < -0.4 is 16.6 Å². The third kappa shape index (κ3) is 4.29. The SMILES string of the molecule is CCNC(=O)CN1CCN(Cc2cc(=O)n(C)c(=O)n2C)CC1. The number of hydrogen-bond donors (Lipinski definition) is 1. The zero-order valence-electron chi connectivity index (χ0n) is 14.0. The maximum absolute atomic E-state index is 11.9. The second-order valence-electron chi connectivity index (χ2n) is 5.88. The zero-order chi connectivity index (χ0) is 17.0. The number of nitrogens with one attached hydrogen (secondary N) is 1. The van der Waals surface area contributed by atoms with Gasteiger partial charge in [-0.1, -0.05) is 0 Å². The van der Waals surface area contributed by atoms with Gasteiger partial charge in [-0.05, 0) is 6.92 Å². The van der Waals surface area contributed by atoms with Gasteiger partial charge in [0.1, 0.15) is 0 Å². The summed E-state index contributed by atoms with van der Waals surface area (Å²) >= 11 is 0. The van der Waals surface area contributed by atoms with Crippen molar-refractivity contribution < 1.29 is 4.79 Å². The van der Waals surface area contributed by atoms with Gasteiger partial charge in [0, 0.05) is 65.1 Å². The Morgan fingerprint density at radius 2 is 1.70 bits per heavy atom. The predicted molar refractivity (Wildman–Crippen MR) is 87.3 cm³/mol. The highest BCUT2D eigenvalue weighted by Gasteiger charge is 2.19. The van der Waals surface area contributed by atoms with E-state index in [0.29, 0.717) is 19.6 Å². The number of amides is 1. The van der Waals surface area contributed by atoms with Crippen LogP contribution in [0.5, 0.6) is 0 Å². The van der Waals surface area contributed by atoms with Crippen LogP contribution in [0.15, 0.2) is 15.7 Å². The molecule has 1 fully saturated rings. The van der Waals surface area contributed by atoms with E-state index in [1.54, 1.807) is 7.05 Å². The number of carbonyl (C=O) groups excluding carboxylic acids is 1. The lowest BCUT2D eigenvalue weighted by Crippen LogP contribution is -2.49. The lowest BCUT2D eigenvalue weighted by atomic mass is 10.2. The average Bonchev–Trinajstić information content (AvgIpc) is 2.52. The van der Waals surface area contributed by atoms with Gasteiger partial charge in [0.05, 0.1) is 6.54 Å². The van der Waals surface area contributed by atoms with Crippen molar-refractivity contribution in [1.29, 1.82) is 0 Å². The van der Waals surface area contributed by atoms with Crippen LogP contribution in [0.2, 0.25) is 0 Å².